The molecule has 1 aliphatic rings. The number of ketones is 1. The van der Waals surface area contributed by atoms with E-state index in [4.69, 9.17) is 4.74 Å². The zero-order chi connectivity index (χ0) is 20.9. The molecule has 0 radical (unpaired) electrons. The van der Waals surface area contributed by atoms with E-state index in [1.165, 1.54) is 11.1 Å². The summed E-state index contributed by atoms with van der Waals surface area (Å²) in [4.78, 5) is 13.9. The van der Waals surface area contributed by atoms with Crippen molar-refractivity contribution >= 4 is 5.78 Å². The van der Waals surface area contributed by atoms with Gasteiger partial charge in [-0.15, -0.1) is 0 Å². The van der Waals surface area contributed by atoms with Gasteiger partial charge in [-0.25, -0.2) is 0 Å². The van der Waals surface area contributed by atoms with Crippen LogP contribution in [0.1, 0.15) is 28.4 Å². The number of carbonyl (C=O) groups excluding carboxylic acids is 1. The first-order valence-corrected chi connectivity index (χ1v) is 10.4. The second-order valence-corrected chi connectivity index (χ2v) is 7.88. The topological polar surface area (TPSA) is 49.8 Å². The highest BCUT2D eigenvalue weighted by atomic mass is 16.5. The Morgan fingerprint density at radius 1 is 1.00 bits per heavy atom. The molecule has 1 N–H and O–H groups in total. The van der Waals surface area contributed by atoms with Gasteiger partial charge in [0.2, 0.25) is 0 Å². The molecule has 0 spiro atoms. The molecule has 1 aliphatic heterocycles. The second-order valence-electron chi connectivity index (χ2n) is 7.88. The molecule has 0 amide bonds. The number of Topliss-reactive ketones (excluding diaryl/α,β-unsaturated/α-hetero) is 1. The van der Waals surface area contributed by atoms with Gasteiger partial charge < -0.3 is 9.84 Å². The average Bonchev–Trinajstić information content (AvgIpc) is 2.78. The number of fused-ring (bicyclic) bond motifs is 1. The van der Waals surface area contributed by atoms with Gasteiger partial charge in [0.25, 0.3) is 0 Å². The minimum Gasteiger partial charge on any atom is -0.491 e. The van der Waals surface area contributed by atoms with E-state index < -0.39 is 6.10 Å². The van der Waals surface area contributed by atoms with Crippen molar-refractivity contribution in [3.05, 3.63) is 89.5 Å². The predicted octanol–water partition coefficient (Wildman–Crippen LogP) is 4.35. The van der Waals surface area contributed by atoms with Crippen LogP contribution in [0.3, 0.4) is 0 Å². The highest BCUT2D eigenvalue weighted by molar-refractivity contribution is 5.95. The third-order valence-corrected chi connectivity index (χ3v) is 5.56. The Morgan fingerprint density at radius 3 is 2.53 bits per heavy atom. The maximum Gasteiger partial charge on any atom is 0.159 e. The minimum atomic E-state index is -0.556. The predicted molar refractivity (Wildman–Crippen MR) is 119 cm³/mol. The van der Waals surface area contributed by atoms with Crippen LogP contribution in [0.25, 0.3) is 11.1 Å². The van der Waals surface area contributed by atoms with Crippen molar-refractivity contribution in [3.8, 4) is 16.9 Å². The molecule has 1 atom stereocenters. The normalized spacial score (nSPS) is 14.7. The quantitative estimate of drug-likeness (QED) is 0.598. The van der Waals surface area contributed by atoms with E-state index in [-0.39, 0.29) is 12.4 Å². The zero-order valence-electron chi connectivity index (χ0n) is 17.3. The summed E-state index contributed by atoms with van der Waals surface area (Å²) in [6, 6.07) is 23.9. The molecule has 1 heterocycles. The lowest BCUT2D eigenvalue weighted by Crippen LogP contribution is -2.38. The molecule has 30 heavy (non-hydrogen) atoms. The van der Waals surface area contributed by atoms with Crippen molar-refractivity contribution in [3.63, 3.8) is 0 Å². The molecule has 4 nitrogen and oxygen atoms in total. The molecule has 4 rings (SSSR count). The second kappa shape index (κ2) is 9.24. The molecular weight excluding hydrogens is 374 g/mol. The van der Waals surface area contributed by atoms with Gasteiger partial charge in [0.15, 0.2) is 5.78 Å². The molecule has 3 aromatic carbocycles. The summed E-state index contributed by atoms with van der Waals surface area (Å²) in [6.45, 7) is 4.23. The van der Waals surface area contributed by atoms with Crippen LogP contribution in [0, 0.1) is 0 Å². The first kappa shape index (κ1) is 20.3. The Bertz CT molecular complexity index is 1030. The molecule has 0 fully saturated rings. The van der Waals surface area contributed by atoms with Crippen LogP contribution >= 0.6 is 0 Å². The van der Waals surface area contributed by atoms with Crippen LogP contribution in [-0.4, -0.2) is 41.6 Å². The number of hydrogen-bond donors (Lipinski definition) is 1. The number of β-amino-alcohol motifs (C(OH)–C–C–N with tert-alkyl or cyclic N) is 1. The van der Waals surface area contributed by atoms with Crippen molar-refractivity contribution in [1.29, 1.82) is 0 Å². The van der Waals surface area contributed by atoms with E-state index in [0.29, 0.717) is 17.9 Å². The highest BCUT2D eigenvalue weighted by Gasteiger charge is 2.18. The monoisotopic (exact) mass is 401 g/mol. The van der Waals surface area contributed by atoms with E-state index in [1.54, 1.807) is 6.92 Å². The fourth-order valence-corrected chi connectivity index (χ4v) is 3.94. The lowest BCUT2D eigenvalue weighted by atomic mass is 10.00. The van der Waals surface area contributed by atoms with Gasteiger partial charge in [-0.05, 0) is 53.8 Å². The molecule has 3 aromatic rings. The third-order valence-electron chi connectivity index (χ3n) is 5.56. The third kappa shape index (κ3) is 4.96. The van der Waals surface area contributed by atoms with Gasteiger partial charge >= 0.3 is 0 Å². The van der Waals surface area contributed by atoms with Crippen LogP contribution in [0.2, 0.25) is 0 Å². The summed E-state index contributed by atoms with van der Waals surface area (Å²) >= 11 is 0. The maximum absolute atomic E-state index is 11.6. The summed E-state index contributed by atoms with van der Waals surface area (Å²) in [6.07, 6.45) is 0.463. The number of aliphatic hydroxyl groups is 1. The Hall–Kier alpha value is -2.95. The van der Waals surface area contributed by atoms with E-state index >= 15 is 0 Å². The average molecular weight is 402 g/mol. The first-order chi connectivity index (χ1) is 14.6. The van der Waals surface area contributed by atoms with Gasteiger partial charge in [-0.3, -0.25) is 9.69 Å². The van der Waals surface area contributed by atoms with Crippen molar-refractivity contribution in [2.24, 2.45) is 0 Å². The molecule has 0 saturated heterocycles. The number of benzene rings is 3. The summed E-state index contributed by atoms with van der Waals surface area (Å²) in [7, 11) is 0. The van der Waals surface area contributed by atoms with Crippen molar-refractivity contribution in [1.82, 2.24) is 4.90 Å². The van der Waals surface area contributed by atoms with Crippen LogP contribution in [0.15, 0.2) is 72.8 Å². The highest BCUT2D eigenvalue weighted by Crippen LogP contribution is 2.25. The number of hydrogen-bond acceptors (Lipinski definition) is 4. The van der Waals surface area contributed by atoms with Gasteiger partial charge in [0.05, 0.1) is 0 Å². The van der Waals surface area contributed by atoms with Crippen LogP contribution in [-0.2, 0) is 13.0 Å². The van der Waals surface area contributed by atoms with Gasteiger partial charge in [-0.2, -0.15) is 0 Å². The number of aliphatic hydroxyl groups excluding tert-OH is 1. The lowest BCUT2D eigenvalue weighted by molar-refractivity contribution is 0.0638. The van der Waals surface area contributed by atoms with Crippen molar-refractivity contribution in [2.45, 2.75) is 26.0 Å². The Morgan fingerprint density at radius 2 is 1.73 bits per heavy atom. The van der Waals surface area contributed by atoms with Gasteiger partial charge in [0, 0.05) is 25.2 Å². The molecule has 4 heteroatoms. The summed E-state index contributed by atoms with van der Waals surface area (Å²) in [5.74, 6) is 0.761. The number of nitrogens with zero attached hydrogens (tertiary/aromatic N) is 1. The minimum absolute atomic E-state index is 0.0488. The van der Waals surface area contributed by atoms with Crippen LogP contribution in [0.4, 0.5) is 0 Å². The molecule has 0 bridgehead atoms. The molecule has 0 aliphatic carbocycles. The van der Waals surface area contributed by atoms with Gasteiger partial charge in [-0.1, -0.05) is 54.6 Å². The van der Waals surface area contributed by atoms with E-state index in [9.17, 15) is 9.90 Å². The van der Waals surface area contributed by atoms with Crippen LogP contribution in [0.5, 0.6) is 5.75 Å². The summed E-state index contributed by atoms with van der Waals surface area (Å²) < 4.78 is 5.88. The zero-order valence-corrected chi connectivity index (χ0v) is 17.3. The van der Waals surface area contributed by atoms with Crippen LogP contribution < -0.4 is 4.74 Å². The Kier molecular flexibility index (Phi) is 6.26. The fraction of sp³-hybridized carbons (Fsp3) is 0.269. The molecular formula is C26H27NO3. The summed E-state index contributed by atoms with van der Waals surface area (Å²) in [5, 5.41) is 10.5. The van der Waals surface area contributed by atoms with E-state index in [0.717, 1.165) is 30.6 Å². The fourth-order valence-electron chi connectivity index (χ4n) is 3.94. The Balaban J connectivity index is 1.35. The first-order valence-electron chi connectivity index (χ1n) is 10.4. The smallest absolute Gasteiger partial charge is 0.159 e. The number of rotatable bonds is 7. The number of ether oxygens (including phenoxy) is 1. The molecule has 154 valence electrons. The Labute approximate surface area is 177 Å². The number of carbonyl (C=O) groups is 1. The molecule has 1 unspecified atom stereocenters. The van der Waals surface area contributed by atoms with Crippen molar-refractivity contribution in [2.75, 3.05) is 19.7 Å². The molecule has 0 aromatic heterocycles. The maximum atomic E-state index is 11.6. The van der Waals surface area contributed by atoms with E-state index in [2.05, 4.69) is 29.2 Å². The van der Waals surface area contributed by atoms with Gasteiger partial charge in [0.1, 0.15) is 18.5 Å². The van der Waals surface area contributed by atoms with E-state index in [1.807, 2.05) is 48.5 Å². The lowest BCUT2D eigenvalue weighted by Gasteiger charge is -2.30. The van der Waals surface area contributed by atoms with Crippen molar-refractivity contribution < 1.29 is 14.6 Å². The standard InChI is InChI=1S/C26H27NO3/c1-19(28)21-8-4-9-22(14-21)23-10-5-11-26(15-23)30-18-25(29)17-27-13-12-20-6-2-3-7-24(20)16-27/h2-11,14-15,25,29H,12-13,16-18H2,1H3. The summed E-state index contributed by atoms with van der Waals surface area (Å²) in [5.41, 5.74) is 5.40. The largest absolute Gasteiger partial charge is 0.491 e. The SMILES string of the molecule is CC(=O)c1cccc(-c2cccc(OCC(O)CN3CCc4ccccc4C3)c2)c1. The molecule has 0 saturated carbocycles.